The molecular formula is C19H23IN6O3. The molecule has 2 N–H and O–H groups in total. The molecule has 10 heteroatoms. The number of carbonyl (C=O) groups is 1. The summed E-state index contributed by atoms with van der Waals surface area (Å²) in [4.78, 5) is 24.6. The standard InChI is InChI=1S/C19H23IN6O3/c1-18(2,3)29-17(27)26-11-19(28,10-23-25-21)8-15(26)16-22-9-14(24-16)12-4-6-13(20)7-5-12/h4-7,9,15,28H,8,10-11H2,1-3H3,(H,22,24)/t15-,19+/m1/s1. The van der Waals surface area contributed by atoms with Gasteiger partial charge in [-0.2, -0.15) is 0 Å². The first-order valence-corrected chi connectivity index (χ1v) is 10.2. The number of amides is 1. The van der Waals surface area contributed by atoms with Gasteiger partial charge in [0.1, 0.15) is 11.4 Å². The molecule has 0 aliphatic carbocycles. The first kappa shape index (κ1) is 21.4. The van der Waals surface area contributed by atoms with Gasteiger partial charge in [0.25, 0.3) is 0 Å². The normalized spacial score (nSPS) is 21.7. The summed E-state index contributed by atoms with van der Waals surface area (Å²) in [6.07, 6.45) is 1.34. The minimum atomic E-state index is -1.34. The molecule has 9 nitrogen and oxygen atoms in total. The van der Waals surface area contributed by atoms with Crippen molar-refractivity contribution in [3.63, 3.8) is 0 Å². The van der Waals surface area contributed by atoms with Crippen LogP contribution in [0.25, 0.3) is 21.7 Å². The molecule has 1 aliphatic heterocycles. The molecule has 1 aromatic heterocycles. The lowest BCUT2D eigenvalue weighted by molar-refractivity contribution is 0.0136. The van der Waals surface area contributed by atoms with Gasteiger partial charge in [0.05, 0.1) is 36.6 Å². The highest BCUT2D eigenvalue weighted by atomic mass is 127. The number of carbonyl (C=O) groups excluding carboxylic acids is 1. The molecule has 1 amide bonds. The average molecular weight is 510 g/mol. The van der Waals surface area contributed by atoms with Crippen LogP contribution < -0.4 is 0 Å². The number of H-pyrrole nitrogens is 1. The Balaban J connectivity index is 1.90. The number of imidazole rings is 1. The summed E-state index contributed by atoms with van der Waals surface area (Å²) in [5, 5.41) is 14.4. The molecular weight excluding hydrogens is 487 g/mol. The summed E-state index contributed by atoms with van der Waals surface area (Å²) in [5.74, 6) is 0.543. The second kappa shape index (κ2) is 8.21. The fraction of sp³-hybridized carbons (Fsp3) is 0.474. The lowest BCUT2D eigenvalue weighted by atomic mass is 10.0. The fourth-order valence-corrected chi connectivity index (χ4v) is 3.64. The highest BCUT2D eigenvalue weighted by Crippen LogP contribution is 2.38. The smallest absolute Gasteiger partial charge is 0.411 e. The minimum Gasteiger partial charge on any atom is -0.444 e. The molecule has 0 bridgehead atoms. The van der Waals surface area contributed by atoms with E-state index >= 15 is 0 Å². The molecule has 1 aliphatic rings. The number of rotatable bonds is 4. The Morgan fingerprint density at radius 3 is 2.79 bits per heavy atom. The van der Waals surface area contributed by atoms with E-state index in [-0.39, 0.29) is 19.5 Å². The Morgan fingerprint density at radius 1 is 1.48 bits per heavy atom. The molecule has 2 aromatic rings. The highest BCUT2D eigenvalue weighted by Gasteiger charge is 2.47. The number of hydrogen-bond acceptors (Lipinski definition) is 5. The summed E-state index contributed by atoms with van der Waals surface area (Å²) in [6, 6.07) is 7.44. The van der Waals surface area contributed by atoms with E-state index in [1.54, 1.807) is 27.0 Å². The van der Waals surface area contributed by atoms with E-state index in [2.05, 4.69) is 42.6 Å². The number of azide groups is 1. The van der Waals surface area contributed by atoms with E-state index in [1.165, 1.54) is 4.90 Å². The molecule has 1 fully saturated rings. The number of aromatic nitrogens is 2. The highest BCUT2D eigenvalue weighted by molar-refractivity contribution is 14.1. The molecule has 1 saturated heterocycles. The molecule has 0 radical (unpaired) electrons. The van der Waals surface area contributed by atoms with E-state index in [0.29, 0.717) is 5.82 Å². The van der Waals surface area contributed by atoms with Crippen molar-refractivity contribution < 1.29 is 14.6 Å². The lowest BCUT2D eigenvalue weighted by Gasteiger charge is -2.28. The monoisotopic (exact) mass is 510 g/mol. The molecule has 0 spiro atoms. The van der Waals surface area contributed by atoms with Crippen molar-refractivity contribution in [1.29, 1.82) is 0 Å². The van der Waals surface area contributed by atoms with Gasteiger partial charge in [0, 0.05) is 14.9 Å². The molecule has 2 atom stereocenters. The zero-order chi connectivity index (χ0) is 21.2. The molecule has 1 aromatic carbocycles. The number of hydrogen-bond donors (Lipinski definition) is 2. The Hall–Kier alpha value is -2.30. The lowest BCUT2D eigenvalue weighted by Crippen LogP contribution is -2.41. The zero-order valence-corrected chi connectivity index (χ0v) is 18.6. The molecule has 29 heavy (non-hydrogen) atoms. The summed E-state index contributed by atoms with van der Waals surface area (Å²) < 4.78 is 6.63. The van der Waals surface area contributed by atoms with Gasteiger partial charge in [-0.1, -0.05) is 17.2 Å². The minimum absolute atomic E-state index is 0.00876. The first-order valence-electron chi connectivity index (χ1n) is 9.14. The predicted molar refractivity (Wildman–Crippen MR) is 116 cm³/mol. The Morgan fingerprint density at radius 2 is 2.17 bits per heavy atom. The van der Waals surface area contributed by atoms with Gasteiger partial charge < -0.3 is 14.8 Å². The Kier molecular flexibility index (Phi) is 6.06. The number of aliphatic hydroxyl groups is 1. The van der Waals surface area contributed by atoms with Crippen LogP contribution in [0.1, 0.15) is 39.1 Å². The van der Waals surface area contributed by atoms with Gasteiger partial charge >= 0.3 is 6.09 Å². The maximum absolute atomic E-state index is 12.8. The molecule has 0 unspecified atom stereocenters. The van der Waals surface area contributed by atoms with Crippen molar-refractivity contribution in [2.24, 2.45) is 5.11 Å². The van der Waals surface area contributed by atoms with Crippen LogP contribution in [0.5, 0.6) is 0 Å². The van der Waals surface area contributed by atoms with E-state index in [0.717, 1.165) is 14.8 Å². The Bertz CT molecular complexity index is 932. The molecule has 2 heterocycles. The van der Waals surface area contributed by atoms with Gasteiger partial charge in [0.2, 0.25) is 0 Å². The molecule has 154 valence electrons. The van der Waals surface area contributed by atoms with Crippen LogP contribution in [-0.4, -0.2) is 50.4 Å². The van der Waals surface area contributed by atoms with Gasteiger partial charge in [-0.05, 0) is 66.6 Å². The third-order valence-corrected chi connectivity index (χ3v) is 5.26. The number of benzene rings is 1. The number of ether oxygens (including phenoxy) is 1. The van der Waals surface area contributed by atoms with Crippen molar-refractivity contribution in [3.8, 4) is 11.3 Å². The van der Waals surface area contributed by atoms with Crippen molar-refractivity contribution in [3.05, 3.63) is 50.3 Å². The van der Waals surface area contributed by atoms with Gasteiger partial charge in [-0.25, -0.2) is 9.78 Å². The third kappa shape index (κ3) is 5.20. The third-order valence-electron chi connectivity index (χ3n) is 4.54. The SMILES string of the molecule is CC(C)(C)OC(=O)N1C[C@@](O)(CN=[N+]=[N-])C[C@@H]1c1ncc(-c2ccc(I)cc2)[nH]1. The van der Waals surface area contributed by atoms with Crippen LogP contribution in [0.15, 0.2) is 35.6 Å². The van der Waals surface area contributed by atoms with Crippen molar-refractivity contribution in [2.75, 3.05) is 13.1 Å². The maximum Gasteiger partial charge on any atom is 0.411 e. The number of β-amino-alcohol motifs (C(OH)–C–C–N with tert-alkyl or cyclic N) is 1. The first-order chi connectivity index (χ1) is 13.6. The number of nitrogens with zero attached hydrogens (tertiary/aromatic N) is 5. The quantitative estimate of drug-likeness (QED) is 0.274. The van der Waals surface area contributed by atoms with E-state index in [9.17, 15) is 9.90 Å². The maximum atomic E-state index is 12.8. The Labute approximate surface area is 182 Å². The van der Waals surface area contributed by atoms with Crippen molar-refractivity contribution >= 4 is 28.7 Å². The van der Waals surface area contributed by atoms with Gasteiger partial charge in [-0.15, -0.1) is 0 Å². The van der Waals surface area contributed by atoms with Crippen LogP contribution in [0, 0.1) is 3.57 Å². The number of aromatic amines is 1. The number of nitrogens with one attached hydrogen (secondary N) is 1. The van der Waals surface area contributed by atoms with E-state index in [1.807, 2.05) is 24.3 Å². The van der Waals surface area contributed by atoms with Crippen molar-refractivity contribution in [1.82, 2.24) is 14.9 Å². The molecule has 3 rings (SSSR count). The van der Waals surface area contributed by atoms with Crippen LogP contribution in [0.3, 0.4) is 0 Å². The number of likely N-dealkylation sites (tertiary alicyclic amines) is 1. The predicted octanol–water partition coefficient (Wildman–Crippen LogP) is 4.40. The van der Waals surface area contributed by atoms with Crippen LogP contribution in [0.2, 0.25) is 0 Å². The van der Waals surface area contributed by atoms with Crippen LogP contribution in [-0.2, 0) is 4.74 Å². The number of halogens is 1. The molecule has 0 saturated carbocycles. The topological polar surface area (TPSA) is 127 Å². The van der Waals surface area contributed by atoms with Crippen LogP contribution in [0.4, 0.5) is 4.79 Å². The van der Waals surface area contributed by atoms with E-state index in [4.69, 9.17) is 10.3 Å². The van der Waals surface area contributed by atoms with Crippen molar-refractivity contribution in [2.45, 2.75) is 44.4 Å². The summed E-state index contributed by atoms with van der Waals surface area (Å²) >= 11 is 2.24. The summed E-state index contributed by atoms with van der Waals surface area (Å²) in [6.45, 7) is 5.20. The van der Waals surface area contributed by atoms with E-state index < -0.39 is 23.3 Å². The summed E-state index contributed by atoms with van der Waals surface area (Å²) in [7, 11) is 0. The zero-order valence-electron chi connectivity index (χ0n) is 16.5. The van der Waals surface area contributed by atoms with Gasteiger partial charge in [-0.3, -0.25) is 4.90 Å². The fourth-order valence-electron chi connectivity index (χ4n) is 3.28. The van der Waals surface area contributed by atoms with Gasteiger partial charge in [0.15, 0.2) is 0 Å². The second-order valence-corrected chi connectivity index (χ2v) is 9.38. The van der Waals surface area contributed by atoms with Crippen LogP contribution >= 0.6 is 22.6 Å². The second-order valence-electron chi connectivity index (χ2n) is 8.13. The largest absolute Gasteiger partial charge is 0.444 e. The average Bonchev–Trinajstić information content (AvgIpc) is 3.24. The summed E-state index contributed by atoms with van der Waals surface area (Å²) in [5.41, 5.74) is 8.38.